The summed E-state index contributed by atoms with van der Waals surface area (Å²) in [6.07, 6.45) is 2.72. The molecule has 0 aliphatic carbocycles. The van der Waals surface area contributed by atoms with Crippen LogP contribution in [0.25, 0.3) is 0 Å². The number of pyridine rings is 1. The highest BCUT2D eigenvalue weighted by molar-refractivity contribution is 9.10. The summed E-state index contributed by atoms with van der Waals surface area (Å²) >= 11 is 3.18. The van der Waals surface area contributed by atoms with Crippen LogP contribution in [0.15, 0.2) is 52.1 Å². The number of hydrogen-bond donors (Lipinski definition) is 1. The summed E-state index contributed by atoms with van der Waals surface area (Å²) in [4.78, 5) is 3.87. The topological polar surface area (TPSA) is 76.3 Å². The number of rotatable bonds is 4. The first-order chi connectivity index (χ1) is 9.43. The molecule has 0 saturated carbocycles. The smallest absolute Gasteiger partial charge is 0.246 e. The SMILES string of the molecule is CN(Cc1ccccc1)S(=O)(=O)c1cncc(Br)c1N. The molecule has 2 aromatic rings. The molecule has 0 bridgehead atoms. The van der Waals surface area contributed by atoms with E-state index in [1.54, 1.807) is 0 Å². The molecule has 0 saturated heterocycles. The Hall–Kier alpha value is -1.44. The summed E-state index contributed by atoms with van der Waals surface area (Å²) in [7, 11) is -2.16. The molecular formula is C13H14BrN3O2S. The Morgan fingerprint density at radius 3 is 2.55 bits per heavy atom. The van der Waals surface area contributed by atoms with Gasteiger partial charge >= 0.3 is 0 Å². The Labute approximate surface area is 126 Å². The minimum absolute atomic E-state index is 0.00491. The van der Waals surface area contributed by atoms with Crippen molar-refractivity contribution in [1.29, 1.82) is 0 Å². The molecule has 2 N–H and O–H groups in total. The summed E-state index contributed by atoms with van der Waals surface area (Å²) < 4.78 is 26.7. The zero-order valence-corrected chi connectivity index (χ0v) is 13.2. The highest BCUT2D eigenvalue weighted by Gasteiger charge is 2.24. The molecule has 7 heteroatoms. The molecule has 5 nitrogen and oxygen atoms in total. The van der Waals surface area contributed by atoms with Crippen LogP contribution in [-0.2, 0) is 16.6 Å². The summed E-state index contributed by atoms with van der Waals surface area (Å²) in [5, 5.41) is 0. The van der Waals surface area contributed by atoms with Gasteiger partial charge in [-0.05, 0) is 21.5 Å². The van der Waals surface area contributed by atoms with Gasteiger partial charge < -0.3 is 5.73 Å². The van der Waals surface area contributed by atoms with E-state index in [1.165, 1.54) is 23.7 Å². The maximum Gasteiger partial charge on any atom is 0.246 e. The highest BCUT2D eigenvalue weighted by atomic mass is 79.9. The molecule has 1 aromatic heterocycles. The fourth-order valence-corrected chi connectivity index (χ4v) is 3.43. The molecule has 106 valence electrons. The van der Waals surface area contributed by atoms with Crippen LogP contribution < -0.4 is 5.73 Å². The molecule has 0 atom stereocenters. The number of nitrogen functional groups attached to an aromatic ring is 1. The number of nitrogens with two attached hydrogens (primary N) is 1. The van der Waals surface area contributed by atoms with Crippen molar-refractivity contribution in [2.24, 2.45) is 0 Å². The minimum atomic E-state index is -3.67. The van der Waals surface area contributed by atoms with E-state index < -0.39 is 10.0 Å². The largest absolute Gasteiger partial charge is 0.397 e. The number of benzene rings is 1. The van der Waals surface area contributed by atoms with Gasteiger partial charge in [-0.3, -0.25) is 4.98 Å². The van der Waals surface area contributed by atoms with Crippen molar-refractivity contribution in [3.8, 4) is 0 Å². The van der Waals surface area contributed by atoms with Gasteiger partial charge in [-0.25, -0.2) is 8.42 Å². The predicted molar refractivity (Wildman–Crippen MR) is 81.4 cm³/mol. The predicted octanol–water partition coefficient (Wildman–Crippen LogP) is 2.25. The monoisotopic (exact) mass is 355 g/mol. The second kappa shape index (κ2) is 5.90. The van der Waals surface area contributed by atoms with Gasteiger partial charge in [0.1, 0.15) is 4.90 Å². The number of sulfonamides is 1. The third-order valence-corrected chi connectivity index (χ3v) is 5.30. The molecule has 0 fully saturated rings. The molecule has 0 unspecified atom stereocenters. The average molecular weight is 356 g/mol. The van der Waals surface area contributed by atoms with E-state index in [0.717, 1.165) is 5.56 Å². The van der Waals surface area contributed by atoms with E-state index in [4.69, 9.17) is 5.73 Å². The van der Waals surface area contributed by atoms with Crippen molar-refractivity contribution in [3.05, 3.63) is 52.8 Å². The lowest BCUT2D eigenvalue weighted by molar-refractivity contribution is 0.467. The van der Waals surface area contributed by atoms with E-state index in [0.29, 0.717) is 4.47 Å². The zero-order valence-electron chi connectivity index (χ0n) is 10.8. The Kier molecular flexibility index (Phi) is 4.42. The molecule has 0 amide bonds. The highest BCUT2D eigenvalue weighted by Crippen LogP contribution is 2.27. The molecule has 0 radical (unpaired) electrons. The number of aromatic nitrogens is 1. The van der Waals surface area contributed by atoms with E-state index in [9.17, 15) is 8.42 Å². The summed E-state index contributed by atoms with van der Waals surface area (Å²) in [6.45, 7) is 0.273. The molecule has 2 rings (SSSR count). The normalized spacial score (nSPS) is 11.8. The second-order valence-electron chi connectivity index (χ2n) is 4.28. The van der Waals surface area contributed by atoms with Crippen molar-refractivity contribution < 1.29 is 8.42 Å². The lowest BCUT2D eigenvalue weighted by Gasteiger charge is -2.18. The van der Waals surface area contributed by atoms with Crippen molar-refractivity contribution >= 4 is 31.6 Å². The third-order valence-electron chi connectivity index (χ3n) is 2.84. The molecular weight excluding hydrogens is 342 g/mol. The van der Waals surface area contributed by atoms with Crippen LogP contribution >= 0.6 is 15.9 Å². The van der Waals surface area contributed by atoms with Crippen molar-refractivity contribution in [2.45, 2.75) is 11.4 Å². The van der Waals surface area contributed by atoms with E-state index in [2.05, 4.69) is 20.9 Å². The van der Waals surface area contributed by atoms with Gasteiger partial charge in [-0.2, -0.15) is 4.31 Å². The van der Waals surface area contributed by atoms with E-state index >= 15 is 0 Å². The van der Waals surface area contributed by atoms with Crippen molar-refractivity contribution in [3.63, 3.8) is 0 Å². The molecule has 20 heavy (non-hydrogen) atoms. The number of halogens is 1. The standard InChI is InChI=1S/C13H14BrN3O2S/c1-17(9-10-5-3-2-4-6-10)20(18,19)12-8-16-7-11(14)13(12)15/h2-8H,9H2,1H3,(H2,15,16). The maximum absolute atomic E-state index is 12.5. The zero-order chi connectivity index (χ0) is 14.8. The minimum Gasteiger partial charge on any atom is -0.397 e. The van der Waals surface area contributed by atoms with Gasteiger partial charge in [0.15, 0.2) is 0 Å². The van der Waals surface area contributed by atoms with Crippen LogP contribution in [0.1, 0.15) is 5.56 Å². The van der Waals surface area contributed by atoms with Crippen LogP contribution in [0, 0.1) is 0 Å². The fourth-order valence-electron chi connectivity index (χ4n) is 1.73. The maximum atomic E-state index is 12.5. The average Bonchev–Trinajstić information content (AvgIpc) is 2.42. The first kappa shape index (κ1) is 15.0. The number of hydrogen-bond acceptors (Lipinski definition) is 4. The van der Waals surface area contributed by atoms with Gasteiger partial charge in [-0.1, -0.05) is 30.3 Å². The van der Waals surface area contributed by atoms with E-state index in [-0.39, 0.29) is 17.1 Å². The molecule has 0 aliphatic rings. The van der Waals surface area contributed by atoms with Crippen molar-refractivity contribution in [2.75, 3.05) is 12.8 Å². The Morgan fingerprint density at radius 1 is 1.25 bits per heavy atom. The molecule has 1 heterocycles. The molecule has 0 spiro atoms. The summed E-state index contributed by atoms with van der Waals surface area (Å²) in [5.41, 5.74) is 6.88. The molecule has 0 aliphatic heterocycles. The van der Waals surface area contributed by atoms with Crippen LogP contribution in [0.5, 0.6) is 0 Å². The number of nitrogens with zero attached hydrogens (tertiary/aromatic N) is 2. The fraction of sp³-hybridized carbons (Fsp3) is 0.154. The first-order valence-corrected chi connectivity index (χ1v) is 8.05. The van der Waals surface area contributed by atoms with Gasteiger partial charge in [0.2, 0.25) is 10.0 Å². The van der Waals surface area contributed by atoms with Gasteiger partial charge in [-0.15, -0.1) is 0 Å². The number of anilines is 1. The van der Waals surface area contributed by atoms with Crippen LogP contribution in [0.4, 0.5) is 5.69 Å². The summed E-state index contributed by atoms with van der Waals surface area (Å²) in [5.74, 6) is 0. The first-order valence-electron chi connectivity index (χ1n) is 5.82. The quantitative estimate of drug-likeness (QED) is 0.912. The summed E-state index contributed by atoms with van der Waals surface area (Å²) in [6, 6.07) is 9.35. The Balaban J connectivity index is 2.33. The molecule has 1 aromatic carbocycles. The van der Waals surface area contributed by atoms with Crippen LogP contribution in [0.2, 0.25) is 0 Å². The van der Waals surface area contributed by atoms with Crippen molar-refractivity contribution in [1.82, 2.24) is 9.29 Å². The lowest BCUT2D eigenvalue weighted by Crippen LogP contribution is -2.27. The van der Waals surface area contributed by atoms with Crippen LogP contribution in [0.3, 0.4) is 0 Å². The van der Waals surface area contributed by atoms with Gasteiger partial charge in [0, 0.05) is 26.0 Å². The lowest BCUT2D eigenvalue weighted by atomic mass is 10.2. The third kappa shape index (κ3) is 3.00. The van der Waals surface area contributed by atoms with E-state index in [1.807, 2.05) is 30.3 Å². The van der Waals surface area contributed by atoms with Crippen LogP contribution in [-0.4, -0.2) is 24.8 Å². The Bertz CT molecular complexity index is 705. The Morgan fingerprint density at radius 2 is 1.90 bits per heavy atom. The van der Waals surface area contributed by atoms with Gasteiger partial charge in [0.05, 0.1) is 10.2 Å². The second-order valence-corrected chi connectivity index (χ2v) is 7.15. The van der Waals surface area contributed by atoms with Gasteiger partial charge in [0.25, 0.3) is 0 Å².